The lowest BCUT2D eigenvalue weighted by molar-refractivity contribution is -0.698. The Balaban J connectivity index is 1.82. The summed E-state index contributed by atoms with van der Waals surface area (Å²) >= 11 is 12.1. The van der Waals surface area contributed by atoms with Crippen LogP contribution in [0.25, 0.3) is 0 Å². The van der Waals surface area contributed by atoms with E-state index in [0.717, 1.165) is 18.0 Å². The van der Waals surface area contributed by atoms with E-state index in [1.165, 1.54) is 31.2 Å². The third kappa shape index (κ3) is 4.35. The molecule has 2 rings (SSSR count). The first-order valence-corrected chi connectivity index (χ1v) is 7.76. The minimum absolute atomic E-state index is 0.412. The van der Waals surface area contributed by atoms with E-state index in [9.17, 15) is 0 Å². The van der Waals surface area contributed by atoms with Crippen LogP contribution in [-0.2, 0) is 11.2 Å². The summed E-state index contributed by atoms with van der Waals surface area (Å²) in [5, 5.41) is 3.88. The zero-order valence-electron chi connectivity index (χ0n) is 11.4. The van der Waals surface area contributed by atoms with E-state index in [1.54, 1.807) is 0 Å². The molecule has 0 heterocycles. The van der Waals surface area contributed by atoms with Gasteiger partial charge < -0.3 is 10.1 Å². The number of ether oxygens (including phenoxy) is 1. The maximum Gasteiger partial charge on any atom is 0.112 e. The van der Waals surface area contributed by atoms with Crippen LogP contribution in [-0.4, -0.2) is 25.8 Å². The Bertz CT molecular complexity index is 411. The van der Waals surface area contributed by atoms with Crippen molar-refractivity contribution in [2.45, 2.75) is 44.2 Å². The molecule has 0 amide bonds. The molecule has 106 valence electrons. The first-order chi connectivity index (χ1) is 9.20. The molecule has 1 aliphatic rings. The minimum atomic E-state index is 0.412. The van der Waals surface area contributed by atoms with Crippen molar-refractivity contribution in [1.82, 2.24) is 0 Å². The highest BCUT2D eigenvalue weighted by Gasteiger charge is 2.27. The van der Waals surface area contributed by atoms with Crippen molar-refractivity contribution in [2.75, 3.05) is 13.7 Å². The maximum atomic E-state index is 6.18. The van der Waals surface area contributed by atoms with Crippen molar-refractivity contribution in [3.05, 3.63) is 33.8 Å². The van der Waals surface area contributed by atoms with Gasteiger partial charge in [-0.05, 0) is 30.5 Å². The molecule has 1 fully saturated rings. The van der Waals surface area contributed by atoms with Gasteiger partial charge in [0.1, 0.15) is 12.1 Å². The van der Waals surface area contributed by atoms with E-state index < -0.39 is 0 Å². The Hall–Kier alpha value is -0.280. The van der Waals surface area contributed by atoms with Crippen LogP contribution in [0.15, 0.2) is 18.2 Å². The van der Waals surface area contributed by atoms with Gasteiger partial charge in [0.15, 0.2) is 0 Å². The van der Waals surface area contributed by atoms with Crippen LogP contribution in [0.2, 0.25) is 10.0 Å². The Labute approximate surface area is 125 Å². The second-order valence-corrected chi connectivity index (χ2v) is 6.08. The lowest BCUT2D eigenvalue weighted by Gasteiger charge is -2.28. The van der Waals surface area contributed by atoms with Crippen LogP contribution in [0.3, 0.4) is 0 Å². The van der Waals surface area contributed by atoms with Crippen LogP contribution in [0, 0.1) is 0 Å². The van der Waals surface area contributed by atoms with E-state index in [2.05, 4.69) is 5.32 Å². The predicted molar refractivity (Wildman–Crippen MR) is 80.0 cm³/mol. The molecule has 0 spiro atoms. The molecule has 0 unspecified atom stereocenters. The van der Waals surface area contributed by atoms with E-state index in [1.807, 2.05) is 25.3 Å². The highest BCUT2D eigenvalue weighted by Crippen LogP contribution is 2.21. The van der Waals surface area contributed by atoms with Gasteiger partial charge in [0.2, 0.25) is 0 Å². The standard InChI is InChI=1S/C15H21Cl2NO/c1-19-15-5-3-2-4-14(15)18-9-8-11-6-7-12(16)10-13(11)17/h6-7,10,14-15,18H,2-5,8-9H2,1H3/p+1/t14-,15+/m0/s1. The highest BCUT2D eigenvalue weighted by molar-refractivity contribution is 6.35. The average Bonchev–Trinajstić information content (AvgIpc) is 2.42. The molecule has 1 aliphatic carbocycles. The number of hydrogen-bond donors (Lipinski definition) is 1. The summed E-state index contributed by atoms with van der Waals surface area (Å²) in [4.78, 5) is 0. The van der Waals surface area contributed by atoms with Crippen LogP contribution in [0.4, 0.5) is 0 Å². The van der Waals surface area contributed by atoms with Gasteiger partial charge >= 0.3 is 0 Å². The molecule has 19 heavy (non-hydrogen) atoms. The molecule has 0 saturated heterocycles. The number of quaternary nitrogens is 1. The SMILES string of the molecule is CO[C@@H]1CCCC[C@@H]1[NH2+]CCc1ccc(Cl)cc1Cl. The quantitative estimate of drug-likeness (QED) is 0.889. The Morgan fingerprint density at radius 2 is 2.05 bits per heavy atom. The van der Waals surface area contributed by atoms with E-state index in [-0.39, 0.29) is 0 Å². The van der Waals surface area contributed by atoms with Gasteiger partial charge in [0.25, 0.3) is 0 Å². The molecular formula is C15H22Cl2NO+. The Morgan fingerprint density at radius 3 is 2.79 bits per heavy atom. The summed E-state index contributed by atoms with van der Waals surface area (Å²) in [5.41, 5.74) is 1.17. The molecule has 1 saturated carbocycles. The largest absolute Gasteiger partial charge is 0.375 e. The van der Waals surface area contributed by atoms with E-state index >= 15 is 0 Å². The van der Waals surface area contributed by atoms with Gasteiger partial charge in [-0.15, -0.1) is 0 Å². The molecule has 2 N–H and O–H groups in total. The Morgan fingerprint density at radius 1 is 1.26 bits per heavy atom. The molecule has 2 atom stereocenters. The smallest absolute Gasteiger partial charge is 0.112 e. The summed E-state index contributed by atoms with van der Waals surface area (Å²) in [5.74, 6) is 0. The predicted octanol–water partition coefficient (Wildman–Crippen LogP) is 3.06. The third-order valence-corrected chi connectivity index (χ3v) is 4.54. The average molecular weight is 303 g/mol. The van der Waals surface area contributed by atoms with Crippen LogP contribution < -0.4 is 5.32 Å². The van der Waals surface area contributed by atoms with Gasteiger partial charge in [0, 0.05) is 30.0 Å². The molecule has 0 radical (unpaired) electrons. The molecular weight excluding hydrogens is 281 g/mol. The molecule has 1 aromatic carbocycles. The van der Waals surface area contributed by atoms with Crippen LogP contribution in [0.1, 0.15) is 31.2 Å². The summed E-state index contributed by atoms with van der Waals surface area (Å²) in [6, 6.07) is 6.34. The van der Waals surface area contributed by atoms with Gasteiger partial charge in [-0.2, -0.15) is 0 Å². The Kier molecular flexibility index (Phi) is 5.96. The lowest BCUT2D eigenvalue weighted by atomic mass is 9.92. The number of hydrogen-bond acceptors (Lipinski definition) is 1. The van der Waals surface area contributed by atoms with Crippen molar-refractivity contribution < 1.29 is 10.1 Å². The number of benzene rings is 1. The molecule has 2 nitrogen and oxygen atoms in total. The van der Waals surface area contributed by atoms with Gasteiger partial charge in [-0.1, -0.05) is 35.7 Å². The van der Waals surface area contributed by atoms with Crippen LogP contribution >= 0.6 is 23.2 Å². The van der Waals surface area contributed by atoms with Crippen molar-refractivity contribution >= 4 is 23.2 Å². The zero-order chi connectivity index (χ0) is 13.7. The van der Waals surface area contributed by atoms with Gasteiger partial charge in [0.05, 0.1) is 6.54 Å². The monoisotopic (exact) mass is 302 g/mol. The number of nitrogens with two attached hydrogens (primary N) is 1. The second kappa shape index (κ2) is 7.49. The topological polar surface area (TPSA) is 25.8 Å². The molecule has 0 aliphatic heterocycles. The maximum absolute atomic E-state index is 6.18. The van der Waals surface area contributed by atoms with Crippen molar-refractivity contribution in [3.8, 4) is 0 Å². The molecule has 4 heteroatoms. The first kappa shape index (κ1) is 15.1. The van der Waals surface area contributed by atoms with Crippen LogP contribution in [0.5, 0.6) is 0 Å². The normalized spacial score (nSPS) is 23.5. The van der Waals surface area contributed by atoms with Gasteiger partial charge in [-0.25, -0.2) is 0 Å². The fraction of sp³-hybridized carbons (Fsp3) is 0.600. The number of rotatable bonds is 5. The van der Waals surface area contributed by atoms with Crippen molar-refractivity contribution in [2.24, 2.45) is 0 Å². The highest BCUT2D eigenvalue weighted by atomic mass is 35.5. The summed E-state index contributed by atoms with van der Waals surface area (Å²) in [7, 11) is 1.83. The van der Waals surface area contributed by atoms with E-state index in [0.29, 0.717) is 17.2 Å². The summed E-state index contributed by atoms with van der Waals surface area (Å²) in [6.07, 6.45) is 6.46. The first-order valence-electron chi connectivity index (χ1n) is 7.00. The summed E-state index contributed by atoms with van der Waals surface area (Å²) in [6.45, 7) is 1.05. The molecule has 0 bridgehead atoms. The van der Waals surface area contributed by atoms with E-state index in [4.69, 9.17) is 27.9 Å². The molecule has 1 aromatic rings. The minimum Gasteiger partial charge on any atom is -0.375 e. The summed E-state index contributed by atoms with van der Waals surface area (Å²) < 4.78 is 5.57. The number of methoxy groups -OCH3 is 1. The number of halogens is 2. The van der Waals surface area contributed by atoms with Gasteiger partial charge in [-0.3, -0.25) is 0 Å². The fourth-order valence-corrected chi connectivity index (χ4v) is 3.37. The fourth-order valence-electron chi connectivity index (χ4n) is 2.87. The second-order valence-electron chi connectivity index (χ2n) is 5.23. The van der Waals surface area contributed by atoms with Crippen molar-refractivity contribution in [1.29, 1.82) is 0 Å². The zero-order valence-corrected chi connectivity index (χ0v) is 12.9. The molecule has 0 aromatic heterocycles. The third-order valence-electron chi connectivity index (χ3n) is 3.95. The lowest BCUT2D eigenvalue weighted by Crippen LogP contribution is -2.93. The van der Waals surface area contributed by atoms with Crippen molar-refractivity contribution in [3.63, 3.8) is 0 Å².